The number of hydrogen-bond acceptors (Lipinski definition) is 3. The fourth-order valence-electron chi connectivity index (χ4n) is 2.39. The second-order valence-corrected chi connectivity index (χ2v) is 4.47. The Labute approximate surface area is 90.7 Å². The first kappa shape index (κ1) is 10.7. The van der Waals surface area contributed by atoms with Gasteiger partial charge in [-0.05, 0) is 26.0 Å². The number of rotatable bonds is 3. The molecule has 15 heavy (non-hydrogen) atoms. The molecule has 1 saturated carbocycles. The Balaban J connectivity index is 1.91. The largest absolute Gasteiger partial charge is 0.472 e. The van der Waals surface area contributed by atoms with Crippen molar-refractivity contribution in [3.8, 4) is 0 Å². The standard InChI is InChI=1S/C12H19NO2/c1-13(8-10-6-7-15-9-10)11-4-2-3-5-12(11)14/h6-7,9,11-12,14H,2-5,8H2,1H3/t11-,12-/m0/s1. The van der Waals surface area contributed by atoms with Gasteiger partial charge in [-0.3, -0.25) is 4.90 Å². The highest BCUT2D eigenvalue weighted by molar-refractivity contribution is 5.05. The maximum absolute atomic E-state index is 9.90. The van der Waals surface area contributed by atoms with Gasteiger partial charge in [-0.15, -0.1) is 0 Å². The molecule has 3 nitrogen and oxygen atoms in total. The Kier molecular flexibility index (Phi) is 3.44. The van der Waals surface area contributed by atoms with Gasteiger partial charge in [0.25, 0.3) is 0 Å². The molecule has 3 heteroatoms. The molecule has 84 valence electrons. The van der Waals surface area contributed by atoms with Crippen LogP contribution < -0.4 is 0 Å². The normalized spacial score (nSPS) is 27.1. The lowest BCUT2D eigenvalue weighted by Gasteiger charge is -2.34. The van der Waals surface area contributed by atoms with Gasteiger partial charge in [-0.2, -0.15) is 0 Å². The highest BCUT2D eigenvalue weighted by atomic mass is 16.3. The van der Waals surface area contributed by atoms with E-state index in [0.29, 0.717) is 6.04 Å². The average Bonchev–Trinajstić information content (AvgIpc) is 2.71. The highest BCUT2D eigenvalue weighted by Gasteiger charge is 2.26. The van der Waals surface area contributed by atoms with Crippen LogP contribution in [0.1, 0.15) is 31.2 Å². The van der Waals surface area contributed by atoms with Crippen LogP contribution in [0.3, 0.4) is 0 Å². The molecule has 2 atom stereocenters. The summed E-state index contributed by atoms with van der Waals surface area (Å²) < 4.78 is 5.04. The molecule has 0 spiro atoms. The van der Waals surface area contributed by atoms with Crippen LogP contribution in [0, 0.1) is 0 Å². The second-order valence-electron chi connectivity index (χ2n) is 4.47. The summed E-state index contributed by atoms with van der Waals surface area (Å²) >= 11 is 0. The van der Waals surface area contributed by atoms with Crippen molar-refractivity contribution >= 4 is 0 Å². The van der Waals surface area contributed by atoms with Crippen molar-refractivity contribution < 1.29 is 9.52 Å². The van der Waals surface area contributed by atoms with E-state index in [-0.39, 0.29) is 6.10 Å². The number of nitrogens with zero attached hydrogens (tertiary/aromatic N) is 1. The highest BCUT2D eigenvalue weighted by Crippen LogP contribution is 2.23. The van der Waals surface area contributed by atoms with Crippen molar-refractivity contribution in [3.63, 3.8) is 0 Å². The van der Waals surface area contributed by atoms with Crippen molar-refractivity contribution in [2.75, 3.05) is 7.05 Å². The van der Waals surface area contributed by atoms with Crippen LogP contribution in [0.2, 0.25) is 0 Å². The van der Waals surface area contributed by atoms with Crippen molar-refractivity contribution in [2.45, 2.75) is 44.4 Å². The molecule has 0 bridgehead atoms. The number of aliphatic hydroxyl groups is 1. The van der Waals surface area contributed by atoms with E-state index in [4.69, 9.17) is 4.42 Å². The number of hydrogen-bond donors (Lipinski definition) is 1. The molecule has 0 aromatic carbocycles. The van der Waals surface area contributed by atoms with Crippen LogP contribution in [-0.4, -0.2) is 29.2 Å². The Hall–Kier alpha value is -0.800. The SMILES string of the molecule is CN(Cc1ccoc1)[C@H]1CCCC[C@@H]1O. The lowest BCUT2D eigenvalue weighted by molar-refractivity contribution is 0.0288. The van der Waals surface area contributed by atoms with Crippen LogP contribution in [-0.2, 0) is 6.54 Å². The molecule has 0 amide bonds. The maximum atomic E-state index is 9.90. The first-order valence-corrected chi connectivity index (χ1v) is 5.67. The Morgan fingerprint density at radius 1 is 1.47 bits per heavy atom. The fourth-order valence-corrected chi connectivity index (χ4v) is 2.39. The third-order valence-corrected chi connectivity index (χ3v) is 3.27. The van der Waals surface area contributed by atoms with E-state index in [1.54, 1.807) is 12.5 Å². The zero-order valence-electron chi connectivity index (χ0n) is 9.22. The molecule has 1 heterocycles. The summed E-state index contributed by atoms with van der Waals surface area (Å²) in [7, 11) is 2.08. The molecule has 0 radical (unpaired) electrons. The molecule has 1 aliphatic carbocycles. The summed E-state index contributed by atoms with van der Waals surface area (Å²) in [4.78, 5) is 2.23. The van der Waals surface area contributed by atoms with E-state index in [2.05, 4.69) is 11.9 Å². The molecule has 1 N–H and O–H groups in total. The summed E-state index contributed by atoms with van der Waals surface area (Å²) in [5.74, 6) is 0. The summed E-state index contributed by atoms with van der Waals surface area (Å²) in [6, 6.07) is 2.29. The van der Waals surface area contributed by atoms with Gasteiger partial charge in [0.1, 0.15) is 0 Å². The van der Waals surface area contributed by atoms with E-state index in [1.165, 1.54) is 12.0 Å². The molecule has 0 aliphatic heterocycles. The van der Waals surface area contributed by atoms with E-state index in [9.17, 15) is 5.11 Å². The Morgan fingerprint density at radius 2 is 2.27 bits per heavy atom. The van der Waals surface area contributed by atoms with Crippen molar-refractivity contribution in [1.82, 2.24) is 4.90 Å². The zero-order chi connectivity index (χ0) is 10.7. The zero-order valence-corrected chi connectivity index (χ0v) is 9.22. The van der Waals surface area contributed by atoms with Crippen LogP contribution in [0.4, 0.5) is 0 Å². The second kappa shape index (κ2) is 4.81. The molecular formula is C12H19NO2. The fraction of sp³-hybridized carbons (Fsp3) is 0.667. The minimum Gasteiger partial charge on any atom is -0.472 e. The summed E-state index contributed by atoms with van der Waals surface area (Å²) in [5, 5.41) is 9.90. The molecular weight excluding hydrogens is 190 g/mol. The van der Waals surface area contributed by atoms with Gasteiger partial charge in [-0.25, -0.2) is 0 Å². The third kappa shape index (κ3) is 2.61. The molecule has 0 unspecified atom stereocenters. The predicted molar refractivity (Wildman–Crippen MR) is 58.4 cm³/mol. The maximum Gasteiger partial charge on any atom is 0.0947 e. The van der Waals surface area contributed by atoms with Gasteiger partial charge in [0.2, 0.25) is 0 Å². The van der Waals surface area contributed by atoms with Crippen LogP contribution in [0.5, 0.6) is 0 Å². The first-order chi connectivity index (χ1) is 7.27. The average molecular weight is 209 g/mol. The van der Waals surface area contributed by atoms with E-state index in [0.717, 1.165) is 25.8 Å². The molecule has 2 rings (SSSR count). The van der Waals surface area contributed by atoms with E-state index < -0.39 is 0 Å². The quantitative estimate of drug-likeness (QED) is 0.827. The van der Waals surface area contributed by atoms with Gasteiger partial charge in [0, 0.05) is 18.2 Å². The number of aliphatic hydroxyl groups excluding tert-OH is 1. The molecule has 1 aromatic rings. The van der Waals surface area contributed by atoms with E-state index >= 15 is 0 Å². The summed E-state index contributed by atoms with van der Waals surface area (Å²) in [5.41, 5.74) is 1.18. The summed E-state index contributed by atoms with van der Waals surface area (Å²) in [6.07, 6.45) is 7.76. The number of furan rings is 1. The summed E-state index contributed by atoms with van der Waals surface area (Å²) in [6.45, 7) is 0.859. The van der Waals surface area contributed by atoms with Crippen molar-refractivity contribution in [3.05, 3.63) is 24.2 Å². The minimum atomic E-state index is -0.157. The molecule has 0 saturated heterocycles. The van der Waals surface area contributed by atoms with Gasteiger partial charge in [-0.1, -0.05) is 12.8 Å². The Morgan fingerprint density at radius 3 is 2.93 bits per heavy atom. The van der Waals surface area contributed by atoms with Gasteiger partial charge in [0.15, 0.2) is 0 Å². The third-order valence-electron chi connectivity index (χ3n) is 3.27. The van der Waals surface area contributed by atoms with Crippen molar-refractivity contribution in [2.24, 2.45) is 0 Å². The van der Waals surface area contributed by atoms with Crippen LogP contribution in [0.25, 0.3) is 0 Å². The Bertz CT molecular complexity index is 284. The lowest BCUT2D eigenvalue weighted by atomic mass is 9.91. The molecule has 1 fully saturated rings. The predicted octanol–water partition coefficient (Wildman–Crippen LogP) is 2.01. The lowest BCUT2D eigenvalue weighted by Crippen LogP contribution is -2.42. The monoisotopic (exact) mass is 209 g/mol. The van der Waals surface area contributed by atoms with Gasteiger partial charge >= 0.3 is 0 Å². The van der Waals surface area contributed by atoms with Gasteiger partial charge < -0.3 is 9.52 Å². The topological polar surface area (TPSA) is 36.6 Å². The first-order valence-electron chi connectivity index (χ1n) is 5.67. The van der Waals surface area contributed by atoms with Gasteiger partial charge in [0.05, 0.1) is 18.6 Å². The molecule has 1 aliphatic rings. The minimum absolute atomic E-state index is 0.157. The smallest absolute Gasteiger partial charge is 0.0947 e. The van der Waals surface area contributed by atoms with Crippen LogP contribution in [0.15, 0.2) is 23.0 Å². The van der Waals surface area contributed by atoms with Crippen LogP contribution >= 0.6 is 0 Å². The van der Waals surface area contributed by atoms with E-state index in [1.807, 2.05) is 6.07 Å². The number of likely N-dealkylation sites (N-methyl/N-ethyl adjacent to an activating group) is 1. The molecule has 1 aromatic heterocycles. The van der Waals surface area contributed by atoms with Crippen molar-refractivity contribution in [1.29, 1.82) is 0 Å².